The van der Waals surface area contributed by atoms with Crippen LogP contribution in [0.2, 0.25) is 0 Å². The summed E-state index contributed by atoms with van der Waals surface area (Å²) < 4.78 is 0. The standard InChI is InChI=1S/C30H35N3O/c34-30(31-20-23-8-5-7-22-6-1-2-9-25(22)23)32-24-14-12-21(13-15-24)18-19-33-28-16-17-29(33)27-11-4-3-10-26(27)28/h1-11,21,24,28-29H,12-20H2,(H2,31,32,34). The van der Waals surface area contributed by atoms with E-state index in [0.29, 0.717) is 24.7 Å². The highest BCUT2D eigenvalue weighted by molar-refractivity contribution is 5.86. The van der Waals surface area contributed by atoms with Gasteiger partial charge >= 0.3 is 6.03 Å². The van der Waals surface area contributed by atoms with Gasteiger partial charge in [-0.3, -0.25) is 4.90 Å². The molecule has 176 valence electrons. The highest BCUT2D eigenvalue weighted by Gasteiger charge is 2.43. The molecule has 6 rings (SSSR count). The molecule has 1 saturated carbocycles. The van der Waals surface area contributed by atoms with Gasteiger partial charge in [0.2, 0.25) is 0 Å². The zero-order valence-corrected chi connectivity index (χ0v) is 19.9. The van der Waals surface area contributed by atoms with Crippen molar-refractivity contribution in [2.75, 3.05) is 6.54 Å². The zero-order chi connectivity index (χ0) is 22.9. The Morgan fingerprint density at radius 1 is 0.794 bits per heavy atom. The quantitative estimate of drug-likeness (QED) is 0.449. The summed E-state index contributed by atoms with van der Waals surface area (Å²) in [4.78, 5) is 15.3. The number of rotatable bonds is 6. The maximum atomic E-state index is 12.6. The monoisotopic (exact) mass is 453 g/mol. The maximum absolute atomic E-state index is 12.6. The Labute approximate surface area is 202 Å². The van der Waals surface area contributed by atoms with Gasteiger partial charge in [0.25, 0.3) is 0 Å². The summed E-state index contributed by atoms with van der Waals surface area (Å²) in [7, 11) is 0. The van der Waals surface area contributed by atoms with E-state index in [9.17, 15) is 4.79 Å². The van der Waals surface area contributed by atoms with Crippen LogP contribution in [0.25, 0.3) is 10.8 Å². The highest BCUT2D eigenvalue weighted by Crippen LogP contribution is 2.53. The molecule has 2 heterocycles. The molecule has 4 nitrogen and oxygen atoms in total. The summed E-state index contributed by atoms with van der Waals surface area (Å²) in [6.45, 7) is 1.78. The van der Waals surface area contributed by atoms with Gasteiger partial charge in [-0.1, -0.05) is 66.7 Å². The van der Waals surface area contributed by atoms with Crippen LogP contribution >= 0.6 is 0 Å². The van der Waals surface area contributed by atoms with Gasteiger partial charge in [0, 0.05) is 24.7 Å². The first-order chi connectivity index (χ1) is 16.8. The molecule has 3 aromatic carbocycles. The molecule has 3 aliphatic rings. The van der Waals surface area contributed by atoms with Gasteiger partial charge in [-0.15, -0.1) is 0 Å². The molecule has 0 spiro atoms. The predicted octanol–water partition coefficient (Wildman–Crippen LogP) is 6.48. The second-order valence-corrected chi connectivity index (χ2v) is 10.4. The lowest BCUT2D eigenvalue weighted by atomic mass is 9.84. The normalized spacial score (nSPS) is 25.9. The van der Waals surface area contributed by atoms with Crippen LogP contribution in [0.1, 0.15) is 73.7 Å². The van der Waals surface area contributed by atoms with Gasteiger partial charge < -0.3 is 10.6 Å². The minimum Gasteiger partial charge on any atom is -0.335 e. The van der Waals surface area contributed by atoms with Gasteiger partial charge in [0.05, 0.1) is 0 Å². The minimum atomic E-state index is -0.0391. The molecule has 2 unspecified atom stereocenters. The molecule has 2 N–H and O–H groups in total. The first kappa shape index (κ1) is 21.7. The first-order valence-electron chi connectivity index (χ1n) is 13.1. The number of hydrogen-bond acceptors (Lipinski definition) is 2. The molecule has 0 aromatic heterocycles. The third-order valence-electron chi connectivity index (χ3n) is 8.53. The van der Waals surface area contributed by atoms with Crippen molar-refractivity contribution in [3.8, 4) is 0 Å². The topological polar surface area (TPSA) is 44.4 Å². The number of carbonyl (C=O) groups is 1. The predicted molar refractivity (Wildman–Crippen MR) is 138 cm³/mol. The fourth-order valence-corrected chi connectivity index (χ4v) is 6.75. The molecule has 4 heteroatoms. The maximum Gasteiger partial charge on any atom is 0.315 e. The average molecular weight is 454 g/mol. The number of amides is 2. The first-order valence-corrected chi connectivity index (χ1v) is 13.1. The van der Waals surface area contributed by atoms with E-state index >= 15 is 0 Å². The van der Waals surface area contributed by atoms with Crippen LogP contribution in [0.3, 0.4) is 0 Å². The van der Waals surface area contributed by atoms with Crippen molar-refractivity contribution in [3.63, 3.8) is 0 Å². The van der Waals surface area contributed by atoms with Crippen molar-refractivity contribution in [2.45, 2.75) is 69.6 Å². The van der Waals surface area contributed by atoms with Crippen LogP contribution in [-0.4, -0.2) is 23.5 Å². The molecule has 2 bridgehead atoms. The number of nitrogens with zero attached hydrogens (tertiary/aromatic N) is 1. The number of nitrogens with one attached hydrogen (secondary N) is 2. The molecular weight excluding hydrogens is 418 g/mol. The smallest absolute Gasteiger partial charge is 0.315 e. The van der Waals surface area contributed by atoms with Crippen LogP contribution in [0.5, 0.6) is 0 Å². The third-order valence-corrected chi connectivity index (χ3v) is 8.53. The summed E-state index contributed by atoms with van der Waals surface area (Å²) in [5, 5.41) is 8.73. The van der Waals surface area contributed by atoms with E-state index in [-0.39, 0.29) is 6.03 Å². The molecule has 2 amide bonds. The molecule has 1 aliphatic carbocycles. The number of benzene rings is 3. The summed E-state index contributed by atoms with van der Waals surface area (Å²) in [5.41, 5.74) is 4.33. The van der Waals surface area contributed by atoms with Crippen LogP contribution in [-0.2, 0) is 6.54 Å². The molecule has 2 atom stereocenters. The number of urea groups is 1. The van der Waals surface area contributed by atoms with Gasteiger partial charge in [-0.25, -0.2) is 4.79 Å². The van der Waals surface area contributed by atoms with Crippen LogP contribution in [0.4, 0.5) is 4.79 Å². The summed E-state index contributed by atoms with van der Waals surface area (Å²) in [5.74, 6) is 0.792. The van der Waals surface area contributed by atoms with Gasteiger partial charge in [-0.05, 0) is 84.9 Å². The Morgan fingerprint density at radius 3 is 2.24 bits per heavy atom. The summed E-state index contributed by atoms with van der Waals surface area (Å²) in [6.07, 6.45) is 8.59. The minimum absolute atomic E-state index is 0.0391. The lowest BCUT2D eigenvalue weighted by molar-refractivity contribution is 0.185. The third kappa shape index (κ3) is 4.20. The summed E-state index contributed by atoms with van der Waals surface area (Å²) >= 11 is 0. The van der Waals surface area contributed by atoms with Crippen molar-refractivity contribution in [1.29, 1.82) is 0 Å². The molecule has 1 saturated heterocycles. The van der Waals surface area contributed by atoms with Crippen molar-refractivity contribution < 1.29 is 4.79 Å². The van der Waals surface area contributed by atoms with E-state index in [4.69, 9.17) is 0 Å². The molecule has 3 aromatic rings. The van der Waals surface area contributed by atoms with Crippen LogP contribution < -0.4 is 10.6 Å². The Balaban J connectivity index is 0.946. The molecule has 34 heavy (non-hydrogen) atoms. The molecule has 2 fully saturated rings. The Morgan fingerprint density at radius 2 is 1.47 bits per heavy atom. The lowest BCUT2D eigenvalue weighted by Gasteiger charge is -2.31. The number of hydrogen-bond donors (Lipinski definition) is 2. The molecule has 2 aliphatic heterocycles. The highest BCUT2D eigenvalue weighted by atomic mass is 16.2. The zero-order valence-electron chi connectivity index (χ0n) is 19.9. The fraction of sp³-hybridized carbons (Fsp3) is 0.433. The van der Waals surface area contributed by atoms with E-state index in [1.165, 1.54) is 49.4 Å². The van der Waals surface area contributed by atoms with Crippen molar-refractivity contribution >= 4 is 16.8 Å². The number of carbonyl (C=O) groups excluding carboxylic acids is 1. The molecular formula is C30H35N3O. The SMILES string of the molecule is O=C(NCc1cccc2ccccc12)NC1CCC(CCN2C3CCC2c2ccccc23)CC1. The second kappa shape index (κ2) is 9.42. The Hall–Kier alpha value is -2.85. The van der Waals surface area contributed by atoms with Crippen molar-refractivity contribution in [3.05, 3.63) is 83.4 Å². The summed E-state index contributed by atoms with van der Waals surface area (Å²) in [6, 6.07) is 25.3. The van der Waals surface area contributed by atoms with E-state index in [1.807, 2.05) is 0 Å². The van der Waals surface area contributed by atoms with Gasteiger partial charge in [0.1, 0.15) is 0 Å². The van der Waals surface area contributed by atoms with E-state index in [1.54, 1.807) is 11.1 Å². The average Bonchev–Trinajstić information content (AvgIpc) is 3.43. The van der Waals surface area contributed by atoms with E-state index in [2.05, 4.69) is 82.3 Å². The van der Waals surface area contributed by atoms with Crippen LogP contribution in [0, 0.1) is 5.92 Å². The van der Waals surface area contributed by atoms with Gasteiger partial charge in [0.15, 0.2) is 0 Å². The van der Waals surface area contributed by atoms with E-state index < -0.39 is 0 Å². The van der Waals surface area contributed by atoms with Crippen molar-refractivity contribution in [2.24, 2.45) is 5.92 Å². The van der Waals surface area contributed by atoms with E-state index in [0.717, 1.165) is 24.3 Å². The lowest BCUT2D eigenvalue weighted by Crippen LogP contribution is -2.43. The molecule has 0 radical (unpaired) electrons. The Bertz CT molecular complexity index is 1130. The van der Waals surface area contributed by atoms with Crippen LogP contribution in [0.15, 0.2) is 66.7 Å². The fourth-order valence-electron chi connectivity index (χ4n) is 6.75. The van der Waals surface area contributed by atoms with Gasteiger partial charge in [-0.2, -0.15) is 0 Å². The second-order valence-electron chi connectivity index (χ2n) is 10.4. The Kier molecular flexibility index (Phi) is 6.00. The largest absolute Gasteiger partial charge is 0.335 e. The van der Waals surface area contributed by atoms with Crippen molar-refractivity contribution in [1.82, 2.24) is 15.5 Å². The number of fused-ring (bicyclic) bond motifs is 6.